The van der Waals surface area contributed by atoms with Gasteiger partial charge < -0.3 is 5.11 Å². The van der Waals surface area contributed by atoms with E-state index in [0.717, 1.165) is 16.8 Å². The highest BCUT2D eigenvalue weighted by molar-refractivity contribution is 5.56. The molecule has 0 aliphatic heterocycles. The first kappa shape index (κ1) is 15.0. The molecule has 124 valence electrons. The minimum absolute atomic E-state index is 0.0277. The average molecular weight is 333 g/mol. The van der Waals surface area contributed by atoms with Gasteiger partial charge in [-0.3, -0.25) is 0 Å². The number of nitrogens with zero attached hydrogens (tertiary/aromatic N) is 6. The average Bonchev–Trinajstić information content (AvgIpc) is 3.27. The second kappa shape index (κ2) is 6.16. The van der Waals surface area contributed by atoms with Crippen LogP contribution in [0.5, 0.6) is 5.88 Å². The molecule has 2 N–H and O–H groups in total. The normalized spacial score (nSPS) is 10.9. The predicted molar refractivity (Wildman–Crippen MR) is 90.2 cm³/mol. The lowest BCUT2D eigenvalue weighted by atomic mass is 10.1. The molecule has 3 heterocycles. The van der Waals surface area contributed by atoms with Gasteiger partial charge in [-0.1, -0.05) is 29.8 Å². The van der Waals surface area contributed by atoms with E-state index in [1.54, 1.807) is 24.4 Å². The lowest BCUT2D eigenvalue weighted by Gasteiger charge is -2.03. The Labute approximate surface area is 143 Å². The number of tetrazole rings is 1. The Morgan fingerprint density at radius 3 is 2.72 bits per heavy atom. The molecule has 3 aromatic heterocycles. The number of nitrogens with one attached hydrogen (secondary N) is 1. The first-order valence-corrected chi connectivity index (χ1v) is 7.73. The highest BCUT2D eigenvalue weighted by Gasteiger charge is 2.12. The summed E-state index contributed by atoms with van der Waals surface area (Å²) in [5, 5.41) is 28.5. The molecule has 0 spiro atoms. The molecule has 0 saturated heterocycles. The quantitative estimate of drug-likeness (QED) is 0.592. The second-order valence-corrected chi connectivity index (χ2v) is 5.71. The second-order valence-electron chi connectivity index (χ2n) is 5.71. The van der Waals surface area contributed by atoms with Gasteiger partial charge in [0.25, 0.3) is 0 Å². The van der Waals surface area contributed by atoms with Crippen molar-refractivity contribution in [1.29, 1.82) is 0 Å². The van der Waals surface area contributed by atoms with E-state index in [-0.39, 0.29) is 5.88 Å². The molecule has 25 heavy (non-hydrogen) atoms. The summed E-state index contributed by atoms with van der Waals surface area (Å²) < 4.78 is 1.40. The molecule has 0 radical (unpaired) electrons. The summed E-state index contributed by atoms with van der Waals surface area (Å²) in [4.78, 5) is 4.27. The van der Waals surface area contributed by atoms with E-state index in [1.807, 2.05) is 6.92 Å². The highest BCUT2D eigenvalue weighted by atomic mass is 16.3. The van der Waals surface area contributed by atoms with Crippen molar-refractivity contribution < 1.29 is 5.11 Å². The van der Waals surface area contributed by atoms with E-state index < -0.39 is 0 Å². The molecule has 1 aromatic carbocycles. The third kappa shape index (κ3) is 3.09. The smallest absolute Gasteiger partial charge is 0.215 e. The zero-order chi connectivity index (χ0) is 17.2. The predicted octanol–water partition coefficient (Wildman–Crippen LogP) is 2.05. The summed E-state index contributed by atoms with van der Waals surface area (Å²) in [5.41, 5.74) is 3.82. The third-order valence-electron chi connectivity index (χ3n) is 3.81. The van der Waals surface area contributed by atoms with Crippen molar-refractivity contribution in [3.8, 4) is 23.1 Å². The summed E-state index contributed by atoms with van der Waals surface area (Å²) >= 11 is 0. The largest absolute Gasteiger partial charge is 0.493 e. The molecule has 0 atom stereocenters. The first-order valence-electron chi connectivity index (χ1n) is 7.73. The number of benzene rings is 1. The molecule has 8 nitrogen and oxygen atoms in total. The van der Waals surface area contributed by atoms with Crippen molar-refractivity contribution in [2.45, 2.75) is 13.3 Å². The Morgan fingerprint density at radius 2 is 1.96 bits per heavy atom. The van der Waals surface area contributed by atoms with Crippen LogP contribution in [0.3, 0.4) is 0 Å². The van der Waals surface area contributed by atoms with E-state index in [9.17, 15) is 5.11 Å². The van der Waals surface area contributed by atoms with Gasteiger partial charge in [0.2, 0.25) is 11.7 Å². The zero-order valence-corrected chi connectivity index (χ0v) is 13.5. The van der Waals surface area contributed by atoms with Crippen molar-refractivity contribution in [3.05, 3.63) is 65.5 Å². The molecule has 0 aliphatic rings. The minimum Gasteiger partial charge on any atom is -0.493 e. The minimum atomic E-state index is 0.0277. The van der Waals surface area contributed by atoms with Crippen LogP contribution in [-0.4, -0.2) is 40.5 Å². The Morgan fingerprint density at radius 1 is 1.12 bits per heavy atom. The van der Waals surface area contributed by atoms with E-state index in [1.165, 1.54) is 10.2 Å². The summed E-state index contributed by atoms with van der Waals surface area (Å²) in [5.74, 6) is 0.963. The van der Waals surface area contributed by atoms with Crippen LogP contribution in [-0.2, 0) is 6.42 Å². The van der Waals surface area contributed by atoms with Gasteiger partial charge >= 0.3 is 0 Å². The summed E-state index contributed by atoms with van der Waals surface area (Å²) in [6, 6.07) is 13.4. The number of aromatic nitrogens is 7. The van der Waals surface area contributed by atoms with Crippen molar-refractivity contribution >= 4 is 0 Å². The summed E-state index contributed by atoms with van der Waals surface area (Å²) in [7, 11) is 0. The van der Waals surface area contributed by atoms with Crippen molar-refractivity contribution in [2.24, 2.45) is 0 Å². The lowest BCUT2D eigenvalue weighted by molar-refractivity contribution is 0.432. The molecule has 0 aliphatic carbocycles. The van der Waals surface area contributed by atoms with Gasteiger partial charge in [0.05, 0.1) is 5.69 Å². The fraction of sp³-hybridized carbons (Fsp3) is 0.118. The van der Waals surface area contributed by atoms with Gasteiger partial charge in [-0.05, 0) is 29.8 Å². The van der Waals surface area contributed by atoms with Gasteiger partial charge in [0.1, 0.15) is 0 Å². The molecular weight excluding hydrogens is 318 g/mol. The lowest BCUT2D eigenvalue weighted by Crippen LogP contribution is -2.01. The van der Waals surface area contributed by atoms with Crippen molar-refractivity contribution in [1.82, 2.24) is 35.4 Å². The number of aryl methyl sites for hydroxylation is 1. The summed E-state index contributed by atoms with van der Waals surface area (Å²) in [6.07, 6.45) is 2.24. The molecule has 0 fully saturated rings. The van der Waals surface area contributed by atoms with Crippen LogP contribution in [0.25, 0.3) is 17.2 Å². The van der Waals surface area contributed by atoms with Crippen LogP contribution >= 0.6 is 0 Å². The number of H-pyrrole nitrogens is 1. The summed E-state index contributed by atoms with van der Waals surface area (Å²) in [6.45, 7) is 2.05. The van der Waals surface area contributed by atoms with Crippen LogP contribution in [0.1, 0.15) is 16.8 Å². The first-order chi connectivity index (χ1) is 12.2. The molecule has 4 aromatic rings. The van der Waals surface area contributed by atoms with Crippen LogP contribution in [0.4, 0.5) is 0 Å². The molecule has 8 heteroatoms. The monoisotopic (exact) mass is 333 g/mol. The Hall–Kier alpha value is -3.55. The van der Waals surface area contributed by atoms with Gasteiger partial charge in [-0.25, -0.2) is 4.98 Å². The van der Waals surface area contributed by atoms with E-state index in [0.29, 0.717) is 18.1 Å². The number of aromatic hydroxyl groups is 1. The van der Waals surface area contributed by atoms with Crippen LogP contribution in [0.15, 0.2) is 48.7 Å². The SMILES string of the molecule is Cc1ccc(Cc2cc(O)n(-c3cc(-c4nn[nH]n4)ccn3)n2)cc1. The van der Waals surface area contributed by atoms with Crippen LogP contribution in [0.2, 0.25) is 0 Å². The zero-order valence-electron chi connectivity index (χ0n) is 13.5. The fourth-order valence-corrected chi connectivity index (χ4v) is 2.55. The van der Waals surface area contributed by atoms with Gasteiger partial charge in [0, 0.05) is 24.2 Å². The standard InChI is InChI=1S/C17H15N7O/c1-11-2-4-12(5-3-11)8-14-10-16(25)24(21-14)15-9-13(6-7-18-15)17-19-22-23-20-17/h2-7,9-10,25H,8H2,1H3,(H,19,20,22,23). The number of hydrogen-bond donors (Lipinski definition) is 2. The van der Waals surface area contributed by atoms with Gasteiger partial charge in [-0.2, -0.15) is 15.0 Å². The molecule has 0 saturated carbocycles. The number of pyridine rings is 1. The Bertz CT molecular complexity index is 990. The van der Waals surface area contributed by atoms with Gasteiger partial charge in [0.15, 0.2) is 5.82 Å². The number of rotatable bonds is 4. The number of aromatic amines is 1. The topological polar surface area (TPSA) is 105 Å². The number of hydrogen-bond acceptors (Lipinski definition) is 6. The van der Waals surface area contributed by atoms with Crippen LogP contribution < -0.4 is 0 Å². The van der Waals surface area contributed by atoms with E-state index >= 15 is 0 Å². The third-order valence-corrected chi connectivity index (χ3v) is 3.81. The van der Waals surface area contributed by atoms with Gasteiger partial charge in [-0.15, -0.1) is 10.2 Å². The Kier molecular flexibility index (Phi) is 3.70. The molecular formula is C17H15N7O. The van der Waals surface area contributed by atoms with E-state index in [2.05, 4.69) is 55.0 Å². The maximum Gasteiger partial charge on any atom is 0.215 e. The molecule has 0 unspecified atom stereocenters. The molecule has 4 rings (SSSR count). The maximum atomic E-state index is 10.2. The highest BCUT2D eigenvalue weighted by Crippen LogP contribution is 2.21. The van der Waals surface area contributed by atoms with Crippen molar-refractivity contribution in [2.75, 3.05) is 0 Å². The fourth-order valence-electron chi connectivity index (χ4n) is 2.55. The maximum absolute atomic E-state index is 10.2. The molecule has 0 amide bonds. The Balaban J connectivity index is 1.64. The molecule has 0 bridgehead atoms. The van der Waals surface area contributed by atoms with E-state index in [4.69, 9.17) is 0 Å². The van der Waals surface area contributed by atoms with Crippen molar-refractivity contribution in [3.63, 3.8) is 0 Å². The van der Waals surface area contributed by atoms with Crippen LogP contribution in [0, 0.1) is 6.92 Å².